The molecule has 3 unspecified atom stereocenters. The summed E-state index contributed by atoms with van der Waals surface area (Å²) in [5.41, 5.74) is 0.294. The monoisotopic (exact) mass is 210 g/mol. The number of aliphatic hydroxyl groups excluding tert-OH is 1. The van der Waals surface area contributed by atoms with Gasteiger partial charge in [0.15, 0.2) is 0 Å². The molecule has 0 aliphatic heterocycles. The molecule has 2 aliphatic rings. The highest BCUT2D eigenvalue weighted by Crippen LogP contribution is 2.59. The van der Waals surface area contributed by atoms with E-state index in [0.717, 1.165) is 5.92 Å². The third kappa shape index (κ3) is 1.63. The molecule has 0 heterocycles. The van der Waals surface area contributed by atoms with E-state index >= 15 is 0 Å². The fourth-order valence-electron chi connectivity index (χ4n) is 4.32. The lowest BCUT2D eigenvalue weighted by Crippen LogP contribution is -2.60. The van der Waals surface area contributed by atoms with Crippen molar-refractivity contribution in [2.45, 2.75) is 71.3 Å². The van der Waals surface area contributed by atoms with Crippen molar-refractivity contribution in [1.29, 1.82) is 0 Å². The number of rotatable bonds is 2. The normalized spacial score (nSPS) is 39.8. The van der Waals surface area contributed by atoms with E-state index < -0.39 is 0 Å². The van der Waals surface area contributed by atoms with Gasteiger partial charge in [0.05, 0.1) is 6.10 Å². The molecule has 88 valence electrons. The van der Waals surface area contributed by atoms with Crippen molar-refractivity contribution in [1.82, 2.24) is 0 Å². The van der Waals surface area contributed by atoms with Crippen LogP contribution in [-0.2, 0) is 0 Å². The van der Waals surface area contributed by atoms with Crippen LogP contribution < -0.4 is 0 Å². The maximum absolute atomic E-state index is 10.4. The Bertz CT molecular complexity index is 207. The highest BCUT2D eigenvalue weighted by atomic mass is 16.3. The van der Waals surface area contributed by atoms with Gasteiger partial charge in [-0.05, 0) is 42.9 Å². The highest BCUT2D eigenvalue weighted by molar-refractivity contribution is 5.07. The molecule has 3 atom stereocenters. The lowest BCUT2D eigenvalue weighted by atomic mass is 9.47. The lowest BCUT2D eigenvalue weighted by Gasteiger charge is -2.60. The predicted molar refractivity (Wildman–Crippen MR) is 63.7 cm³/mol. The number of fused-ring (bicyclic) bond motifs is 1. The van der Waals surface area contributed by atoms with Crippen molar-refractivity contribution in [2.24, 2.45) is 17.3 Å². The van der Waals surface area contributed by atoms with Crippen molar-refractivity contribution in [3.63, 3.8) is 0 Å². The second-order valence-electron chi connectivity index (χ2n) is 5.65. The van der Waals surface area contributed by atoms with Gasteiger partial charge in [0.25, 0.3) is 0 Å². The van der Waals surface area contributed by atoms with Crippen molar-refractivity contribution < 1.29 is 5.11 Å². The van der Waals surface area contributed by atoms with Crippen LogP contribution in [0.15, 0.2) is 0 Å². The minimum absolute atomic E-state index is 0.00981. The largest absolute Gasteiger partial charge is 0.392 e. The molecule has 0 bridgehead atoms. The van der Waals surface area contributed by atoms with Gasteiger partial charge in [-0.25, -0.2) is 0 Å². The van der Waals surface area contributed by atoms with Gasteiger partial charge < -0.3 is 5.11 Å². The Labute approximate surface area is 94.3 Å². The summed E-state index contributed by atoms with van der Waals surface area (Å²) >= 11 is 0. The topological polar surface area (TPSA) is 20.2 Å². The number of hydrogen-bond donors (Lipinski definition) is 1. The first-order chi connectivity index (χ1) is 7.26. The molecular formula is C14H26O. The Hall–Kier alpha value is -0.0400. The van der Waals surface area contributed by atoms with E-state index in [9.17, 15) is 5.11 Å². The Kier molecular flexibility index (Phi) is 3.39. The molecule has 0 aromatic carbocycles. The summed E-state index contributed by atoms with van der Waals surface area (Å²) in [5.74, 6) is 1.48. The Morgan fingerprint density at radius 2 is 1.60 bits per heavy atom. The van der Waals surface area contributed by atoms with Crippen molar-refractivity contribution in [2.75, 3.05) is 0 Å². The van der Waals surface area contributed by atoms with Crippen LogP contribution in [0.2, 0.25) is 0 Å². The first-order valence-corrected chi connectivity index (χ1v) is 6.94. The molecule has 15 heavy (non-hydrogen) atoms. The summed E-state index contributed by atoms with van der Waals surface area (Å²) in [6, 6.07) is 0. The third-order valence-electron chi connectivity index (χ3n) is 5.37. The molecule has 0 saturated heterocycles. The van der Waals surface area contributed by atoms with Gasteiger partial charge in [0, 0.05) is 0 Å². The summed E-state index contributed by atoms with van der Waals surface area (Å²) in [4.78, 5) is 0. The van der Waals surface area contributed by atoms with Crippen LogP contribution >= 0.6 is 0 Å². The molecule has 0 radical (unpaired) electrons. The zero-order chi connectivity index (χ0) is 10.9. The van der Waals surface area contributed by atoms with Crippen LogP contribution in [0.5, 0.6) is 0 Å². The standard InChI is InChI=1S/C14H26O/c1-3-14(4-2)12-10-8-6-5-7-9-11(12)13(14)15/h11-13,15H,3-10H2,1-2H3. The molecule has 1 heteroatoms. The molecule has 2 aliphatic carbocycles. The van der Waals surface area contributed by atoms with Crippen LogP contribution in [0.1, 0.15) is 65.2 Å². The van der Waals surface area contributed by atoms with Crippen LogP contribution in [0.3, 0.4) is 0 Å². The minimum atomic E-state index is 0.00981. The van der Waals surface area contributed by atoms with Crippen molar-refractivity contribution in [3.8, 4) is 0 Å². The Morgan fingerprint density at radius 3 is 2.20 bits per heavy atom. The molecule has 1 N–H and O–H groups in total. The number of hydrogen-bond acceptors (Lipinski definition) is 1. The zero-order valence-electron chi connectivity index (χ0n) is 10.3. The maximum Gasteiger partial charge on any atom is 0.0629 e. The fourth-order valence-corrected chi connectivity index (χ4v) is 4.32. The first kappa shape index (κ1) is 11.4. The second kappa shape index (κ2) is 4.45. The van der Waals surface area contributed by atoms with Gasteiger partial charge in [-0.3, -0.25) is 0 Å². The molecule has 2 rings (SSSR count). The molecule has 0 spiro atoms. The smallest absolute Gasteiger partial charge is 0.0629 e. The maximum atomic E-state index is 10.4. The van der Waals surface area contributed by atoms with E-state index in [1.807, 2.05) is 0 Å². The van der Waals surface area contributed by atoms with Gasteiger partial charge >= 0.3 is 0 Å². The zero-order valence-corrected chi connectivity index (χ0v) is 10.3. The van der Waals surface area contributed by atoms with Crippen LogP contribution in [-0.4, -0.2) is 11.2 Å². The summed E-state index contributed by atoms with van der Waals surface area (Å²) in [5, 5.41) is 10.4. The van der Waals surface area contributed by atoms with E-state index in [0.29, 0.717) is 11.3 Å². The molecule has 0 amide bonds. The van der Waals surface area contributed by atoms with E-state index in [1.54, 1.807) is 0 Å². The first-order valence-electron chi connectivity index (χ1n) is 6.94. The fraction of sp³-hybridized carbons (Fsp3) is 1.00. The molecular weight excluding hydrogens is 184 g/mol. The Balaban J connectivity index is 2.09. The molecule has 1 nitrogen and oxygen atoms in total. The molecule has 2 fully saturated rings. The predicted octanol–water partition coefficient (Wildman–Crippen LogP) is 3.75. The van der Waals surface area contributed by atoms with Crippen molar-refractivity contribution >= 4 is 0 Å². The quantitative estimate of drug-likeness (QED) is 0.736. The SMILES string of the molecule is CCC1(CC)C(O)C2CCCCCCC21. The molecule has 0 aromatic heterocycles. The van der Waals surface area contributed by atoms with E-state index in [1.165, 1.54) is 51.4 Å². The number of aliphatic hydroxyl groups is 1. The van der Waals surface area contributed by atoms with Gasteiger partial charge in [-0.2, -0.15) is 0 Å². The average Bonchev–Trinajstić information content (AvgIpc) is 2.22. The van der Waals surface area contributed by atoms with Crippen molar-refractivity contribution in [3.05, 3.63) is 0 Å². The van der Waals surface area contributed by atoms with Crippen LogP contribution in [0.4, 0.5) is 0 Å². The van der Waals surface area contributed by atoms with Gasteiger partial charge in [0.1, 0.15) is 0 Å². The van der Waals surface area contributed by atoms with E-state index in [-0.39, 0.29) is 6.10 Å². The summed E-state index contributed by atoms with van der Waals surface area (Å²) in [7, 11) is 0. The third-order valence-corrected chi connectivity index (χ3v) is 5.37. The van der Waals surface area contributed by atoms with E-state index in [2.05, 4.69) is 13.8 Å². The second-order valence-corrected chi connectivity index (χ2v) is 5.65. The van der Waals surface area contributed by atoms with Gasteiger partial charge in [-0.15, -0.1) is 0 Å². The van der Waals surface area contributed by atoms with Crippen LogP contribution in [0.25, 0.3) is 0 Å². The summed E-state index contributed by atoms with van der Waals surface area (Å²) in [6.07, 6.45) is 10.6. The molecule has 2 saturated carbocycles. The van der Waals surface area contributed by atoms with Crippen LogP contribution in [0, 0.1) is 17.3 Å². The summed E-state index contributed by atoms with van der Waals surface area (Å²) < 4.78 is 0. The average molecular weight is 210 g/mol. The summed E-state index contributed by atoms with van der Waals surface area (Å²) in [6.45, 7) is 4.53. The van der Waals surface area contributed by atoms with E-state index in [4.69, 9.17) is 0 Å². The van der Waals surface area contributed by atoms with Gasteiger partial charge in [-0.1, -0.05) is 39.5 Å². The molecule has 0 aromatic rings. The minimum Gasteiger partial charge on any atom is -0.392 e. The lowest BCUT2D eigenvalue weighted by molar-refractivity contribution is -0.192. The van der Waals surface area contributed by atoms with Gasteiger partial charge in [0.2, 0.25) is 0 Å². The highest BCUT2D eigenvalue weighted by Gasteiger charge is 2.57. The Morgan fingerprint density at radius 1 is 1.00 bits per heavy atom.